The van der Waals surface area contributed by atoms with Crippen molar-refractivity contribution >= 4 is 0 Å². The van der Waals surface area contributed by atoms with Gasteiger partial charge in [-0.05, 0) is 57.2 Å². The summed E-state index contributed by atoms with van der Waals surface area (Å²) in [7, 11) is 6.18. The molecule has 0 saturated carbocycles. The number of quaternary nitrogens is 1. The maximum Gasteiger partial charge on any atom is 0.231 e. The van der Waals surface area contributed by atoms with E-state index in [2.05, 4.69) is 64.9 Å². The number of ether oxygens (including phenoxy) is 5. The van der Waals surface area contributed by atoms with E-state index in [4.69, 9.17) is 23.7 Å². The predicted molar refractivity (Wildman–Crippen MR) is 136 cm³/mol. The van der Waals surface area contributed by atoms with Crippen LogP contribution in [0.5, 0.6) is 23.0 Å². The predicted octanol–water partition coefficient (Wildman–Crippen LogP) is 5.20. The molecule has 0 unspecified atom stereocenters. The average molecular weight is 491 g/mol. The second kappa shape index (κ2) is 8.06. The van der Waals surface area contributed by atoms with E-state index in [-0.39, 0.29) is 30.5 Å². The number of nitrogens with zero attached hydrogens (tertiary/aromatic N) is 1. The van der Waals surface area contributed by atoms with Gasteiger partial charge in [0.05, 0.1) is 39.4 Å². The molecule has 2 aromatic rings. The summed E-state index contributed by atoms with van der Waals surface area (Å²) in [5, 5.41) is 0. The first-order valence-electron chi connectivity index (χ1n) is 12.9. The van der Waals surface area contributed by atoms with Crippen LogP contribution >= 0.6 is 0 Å². The van der Waals surface area contributed by atoms with Crippen LogP contribution in [0, 0.1) is 17.8 Å². The highest BCUT2D eigenvalue weighted by atomic mass is 16.7. The fourth-order valence-electron chi connectivity index (χ4n) is 6.40. The maximum absolute atomic E-state index is 6.88. The number of para-hydroxylation sites is 1. The summed E-state index contributed by atoms with van der Waals surface area (Å²) >= 11 is 0. The minimum atomic E-state index is -0.553. The Kier molecular flexibility index (Phi) is 5.27. The molecule has 4 atom stereocenters. The van der Waals surface area contributed by atoms with Crippen molar-refractivity contribution in [3.63, 3.8) is 0 Å². The van der Waals surface area contributed by atoms with Gasteiger partial charge in [0.25, 0.3) is 0 Å². The third-order valence-electron chi connectivity index (χ3n) is 8.53. The van der Waals surface area contributed by atoms with E-state index >= 15 is 0 Å². The average Bonchev–Trinajstić information content (AvgIpc) is 3.30. The summed E-state index contributed by atoms with van der Waals surface area (Å²) in [6.45, 7) is 7.69. The highest BCUT2D eigenvalue weighted by Gasteiger charge is 2.50. The van der Waals surface area contributed by atoms with E-state index in [1.54, 1.807) is 7.11 Å². The van der Waals surface area contributed by atoms with Crippen LogP contribution in [0.1, 0.15) is 62.4 Å². The molecule has 4 aliphatic rings. The fourth-order valence-corrected chi connectivity index (χ4v) is 6.40. The lowest BCUT2D eigenvalue weighted by atomic mass is 9.73. The molecule has 0 bridgehead atoms. The van der Waals surface area contributed by atoms with Crippen LogP contribution in [-0.2, 0) is 11.2 Å². The van der Waals surface area contributed by atoms with Gasteiger partial charge >= 0.3 is 0 Å². The molecule has 4 aliphatic heterocycles. The molecule has 0 spiro atoms. The van der Waals surface area contributed by atoms with Crippen molar-refractivity contribution in [1.82, 2.24) is 0 Å². The smallest absolute Gasteiger partial charge is 0.231 e. The van der Waals surface area contributed by atoms with Crippen LogP contribution in [0.2, 0.25) is 0 Å². The molecule has 2 aromatic carbocycles. The Morgan fingerprint density at radius 3 is 2.69 bits per heavy atom. The molecule has 6 rings (SSSR count). The Balaban J connectivity index is 1.38. The second-order valence-corrected chi connectivity index (χ2v) is 11.8. The van der Waals surface area contributed by atoms with Crippen LogP contribution in [0.15, 0.2) is 30.3 Å². The number of hydrogen-bond donors (Lipinski definition) is 0. The van der Waals surface area contributed by atoms with Gasteiger partial charge < -0.3 is 28.2 Å². The van der Waals surface area contributed by atoms with Crippen molar-refractivity contribution in [2.75, 3.05) is 34.5 Å². The van der Waals surface area contributed by atoms with Crippen LogP contribution in [0.4, 0.5) is 0 Å². The highest BCUT2D eigenvalue weighted by Crippen LogP contribution is 2.53. The van der Waals surface area contributed by atoms with Crippen molar-refractivity contribution < 1.29 is 28.2 Å². The minimum absolute atomic E-state index is 0.0394. The Bertz CT molecular complexity index is 1270. The molecule has 1 saturated heterocycles. The monoisotopic (exact) mass is 490 g/mol. The Morgan fingerprint density at radius 2 is 1.89 bits per heavy atom. The zero-order valence-electron chi connectivity index (χ0n) is 22.1. The molecule has 0 radical (unpaired) electrons. The Morgan fingerprint density at radius 1 is 1.08 bits per heavy atom. The lowest BCUT2D eigenvalue weighted by molar-refractivity contribution is -0.914. The molecule has 0 aromatic heterocycles. The van der Waals surface area contributed by atoms with Crippen LogP contribution in [0.3, 0.4) is 0 Å². The van der Waals surface area contributed by atoms with Crippen LogP contribution in [-0.4, -0.2) is 50.2 Å². The summed E-state index contributed by atoms with van der Waals surface area (Å²) in [6.07, 6.45) is 2.76. The van der Waals surface area contributed by atoms with Crippen molar-refractivity contribution in [3.8, 4) is 34.8 Å². The van der Waals surface area contributed by atoms with Gasteiger partial charge in [-0.1, -0.05) is 24.1 Å². The zero-order chi connectivity index (χ0) is 25.3. The quantitative estimate of drug-likeness (QED) is 0.406. The SMILES string of the molecule is COc1c2c(cc3c1[C@H](C#C[C@]1(C)CC[C@H]4[C@@H](O1)c1ccccc1OC4(C)C)[N+](C)(C)CC3)OCO2. The first-order chi connectivity index (χ1) is 17.1. The zero-order valence-corrected chi connectivity index (χ0v) is 22.1. The number of hydrogen-bond acceptors (Lipinski definition) is 5. The molecule has 6 nitrogen and oxygen atoms in total. The summed E-state index contributed by atoms with van der Waals surface area (Å²) in [5.41, 5.74) is 2.62. The maximum atomic E-state index is 6.88. The molecule has 1 fully saturated rings. The molecule has 6 heteroatoms. The van der Waals surface area contributed by atoms with E-state index in [0.29, 0.717) is 5.75 Å². The van der Waals surface area contributed by atoms with Gasteiger partial charge in [0.15, 0.2) is 17.5 Å². The number of methoxy groups -OCH3 is 1. The fraction of sp³-hybridized carbons (Fsp3) is 0.533. The van der Waals surface area contributed by atoms with E-state index < -0.39 is 5.60 Å². The Labute approximate surface area is 214 Å². The topological polar surface area (TPSA) is 46.2 Å². The van der Waals surface area contributed by atoms with Gasteiger partial charge in [-0.2, -0.15) is 0 Å². The minimum Gasteiger partial charge on any atom is -0.492 e. The van der Waals surface area contributed by atoms with Gasteiger partial charge in [0.2, 0.25) is 12.5 Å². The molecule has 36 heavy (non-hydrogen) atoms. The van der Waals surface area contributed by atoms with Gasteiger partial charge in [0, 0.05) is 17.9 Å². The van der Waals surface area contributed by atoms with E-state index in [0.717, 1.165) is 58.7 Å². The molecular weight excluding hydrogens is 454 g/mol. The van der Waals surface area contributed by atoms with E-state index in [1.807, 2.05) is 12.1 Å². The van der Waals surface area contributed by atoms with Crippen molar-refractivity contribution in [3.05, 3.63) is 47.0 Å². The van der Waals surface area contributed by atoms with Crippen molar-refractivity contribution in [2.45, 2.75) is 63.4 Å². The van der Waals surface area contributed by atoms with Crippen molar-refractivity contribution in [1.29, 1.82) is 0 Å². The summed E-state index contributed by atoms with van der Waals surface area (Å²) in [6, 6.07) is 10.3. The van der Waals surface area contributed by atoms with Crippen LogP contribution < -0.4 is 18.9 Å². The largest absolute Gasteiger partial charge is 0.492 e. The molecular formula is C30H36NO5+. The summed E-state index contributed by atoms with van der Waals surface area (Å²) in [4.78, 5) is 0. The van der Waals surface area contributed by atoms with Gasteiger partial charge in [0.1, 0.15) is 17.0 Å². The standard InChI is InChI=1S/C30H36NO5/c1-29(2)21-11-14-30(3,36-26(21)20-9-7-8-10-23(20)35-29)15-12-22-25-19(13-16-31(22,4)5)17-24-27(28(25)32-6)34-18-33-24/h7-10,17,21-22,26H,11,13-14,16,18H2,1-6H3/q+1/t21-,22-,26-,30-/m0/s1. The number of fused-ring (bicyclic) bond motifs is 5. The number of benzene rings is 2. The van der Waals surface area contributed by atoms with Crippen molar-refractivity contribution in [2.24, 2.45) is 5.92 Å². The van der Waals surface area contributed by atoms with Gasteiger partial charge in [-0.25, -0.2) is 0 Å². The first kappa shape index (κ1) is 23.5. The number of likely N-dealkylation sites (N-methyl/N-ethyl adjacent to an activating group) is 1. The highest BCUT2D eigenvalue weighted by molar-refractivity contribution is 5.62. The lowest BCUT2D eigenvalue weighted by Crippen LogP contribution is -2.51. The number of rotatable bonds is 1. The third-order valence-corrected chi connectivity index (χ3v) is 8.53. The van der Waals surface area contributed by atoms with E-state index in [1.165, 1.54) is 5.56 Å². The molecule has 190 valence electrons. The molecule has 0 N–H and O–H groups in total. The summed E-state index contributed by atoms with van der Waals surface area (Å²) < 4.78 is 31.4. The third kappa shape index (κ3) is 3.64. The molecule has 0 amide bonds. The van der Waals surface area contributed by atoms with Gasteiger partial charge in [-0.3, -0.25) is 0 Å². The lowest BCUT2D eigenvalue weighted by Gasteiger charge is -2.50. The Hall–Kier alpha value is -2.88. The summed E-state index contributed by atoms with van der Waals surface area (Å²) in [5.74, 6) is 10.7. The van der Waals surface area contributed by atoms with E-state index in [9.17, 15) is 0 Å². The normalized spacial score (nSPS) is 30.6. The second-order valence-electron chi connectivity index (χ2n) is 11.8. The molecule has 0 aliphatic carbocycles. The van der Waals surface area contributed by atoms with Crippen LogP contribution in [0.25, 0.3) is 0 Å². The van der Waals surface area contributed by atoms with Gasteiger partial charge in [-0.15, -0.1) is 0 Å². The first-order valence-corrected chi connectivity index (χ1v) is 12.9. The molecule has 4 heterocycles.